The zero-order valence-corrected chi connectivity index (χ0v) is 23.1. The summed E-state index contributed by atoms with van der Waals surface area (Å²) in [4.78, 5) is 42.4. The maximum atomic E-state index is 13.9. The van der Waals surface area contributed by atoms with Crippen LogP contribution in [0.5, 0.6) is 5.88 Å². The summed E-state index contributed by atoms with van der Waals surface area (Å²) in [5, 5.41) is 3.78. The largest absolute Gasteiger partial charge is 0.481 e. The van der Waals surface area contributed by atoms with Gasteiger partial charge in [-0.2, -0.15) is 0 Å². The normalized spacial score (nSPS) is 11.7. The van der Waals surface area contributed by atoms with Gasteiger partial charge >= 0.3 is 0 Å². The van der Waals surface area contributed by atoms with Gasteiger partial charge in [0.25, 0.3) is 5.56 Å². The number of nitrogens with one attached hydrogen (secondary N) is 1. The van der Waals surface area contributed by atoms with Crippen LogP contribution in [0.15, 0.2) is 53.5 Å². The molecule has 1 N–H and O–H groups in total. The van der Waals surface area contributed by atoms with Crippen molar-refractivity contribution in [2.45, 2.75) is 39.4 Å². The van der Waals surface area contributed by atoms with Crippen LogP contribution >= 0.6 is 11.6 Å². The van der Waals surface area contributed by atoms with Gasteiger partial charge in [0.2, 0.25) is 11.8 Å². The van der Waals surface area contributed by atoms with Gasteiger partial charge in [-0.1, -0.05) is 17.7 Å². The van der Waals surface area contributed by atoms with Crippen LogP contribution in [0.25, 0.3) is 33.7 Å². The summed E-state index contributed by atoms with van der Waals surface area (Å²) in [7, 11) is 5.47. The van der Waals surface area contributed by atoms with E-state index in [2.05, 4.69) is 20.3 Å². The van der Waals surface area contributed by atoms with Crippen LogP contribution in [-0.4, -0.2) is 57.1 Å². The van der Waals surface area contributed by atoms with E-state index >= 15 is 0 Å². The van der Waals surface area contributed by atoms with Crippen molar-refractivity contribution in [3.05, 3.63) is 69.6 Å². The van der Waals surface area contributed by atoms with Crippen LogP contribution in [-0.2, 0) is 17.9 Å². The van der Waals surface area contributed by atoms with Crippen LogP contribution in [0.4, 0.5) is 0 Å². The maximum Gasteiger partial charge on any atom is 0.263 e. The standard InChI is InChI=1S/C28H31ClN6O3/c1-28(2,3)33-23(36)16-35-26(22-8-7-9-24(31-22)38-6)32-25-21(27(35)37)13-19(14-30-25)18-10-17(15-34(4)5)11-20(29)12-18/h7-14H,15-16H2,1-6H3,(H,33,36). The molecule has 3 aromatic heterocycles. The van der Waals surface area contributed by atoms with E-state index in [4.69, 9.17) is 16.3 Å². The number of aromatic nitrogens is 4. The van der Waals surface area contributed by atoms with Crippen molar-refractivity contribution in [1.82, 2.24) is 29.7 Å². The molecule has 3 heterocycles. The quantitative estimate of drug-likeness (QED) is 0.380. The van der Waals surface area contributed by atoms with E-state index in [1.54, 1.807) is 30.5 Å². The van der Waals surface area contributed by atoms with Gasteiger partial charge < -0.3 is 15.0 Å². The third-order valence-electron chi connectivity index (χ3n) is 5.58. The van der Waals surface area contributed by atoms with Gasteiger partial charge in [-0.05, 0) is 76.3 Å². The Bertz CT molecular complexity index is 1560. The second-order valence-electron chi connectivity index (χ2n) is 10.4. The van der Waals surface area contributed by atoms with Crippen molar-refractivity contribution < 1.29 is 9.53 Å². The molecule has 10 heteroatoms. The zero-order chi connectivity index (χ0) is 27.6. The van der Waals surface area contributed by atoms with Crippen molar-refractivity contribution in [2.24, 2.45) is 0 Å². The lowest BCUT2D eigenvalue weighted by atomic mass is 10.0. The van der Waals surface area contributed by atoms with E-state index in [-0.39, 0.29) is 29.3 Å². The smallest absolute Gasteiger partial charge is 0.263 e. The van der Waals surface area contributed by atoms with Crippen molar-refractivity contribution in [3.63, 3.8) is 0 Å². The molecule has 0 saturated heterocycles. The fourth-order valence-electron chi connectivity index (χ4n) is 4.13. The molecule has 198 valence electrons. The van der Waals surface area contributed by atoms with Crippen LogP contribution in [0.2, 0.25) is 5.02 Å². The third-order valence-corrected chi connectivity index (χ3v) is 5.80. The number of ether oxygens (including phenoxy) is 1. The molecule has 0 spiro atoms. The second kappa shape index (κ2) is 10.9. The minimum absolute atomic E-state index is 0.224. The number of nitrogens with zero attached hydrogens (tertiary/aromatic N) is 5. The fraction of sp³-hybridized carbons (Fsp3) is 0.321. The van der Waals surface area contributed by atoms with Crippen LogP contribution in [0, 0.1) is 0 Å². The molecule has 4 aromatic rings. The molecule has 1 aromatic carbocycles. The highest BCUT2D eigenvalue weighted by Crippen LogP contribution is 2.27. The molecular weight excluding hydrogens is 504 g/mol. The second-order valence-corrected chi connectivity index (χ2v) is 10.8. The van der Waals surface area contributed by atoms with Crippen LogP contribution in [0.3, 0.4) is 0 Å². The van der Waals surface area contributed by atoms with Crippen LogP contribution < -0.4 is 15.6 Å². The molecule has 0 atom stereocenters. The first-order chi connectivity index (χ1) is 17.9. The number of hydrogen-bond donors (Lipinski definition) is 1. The summed E-state index contributed by atoms with van der Waals surface area (Å²) in [6.07, 6.45) is 1.67. The number of hydrogen-bond acceptors (Lipinski definition) is 7. The maximum absolute atomic E-state index is 13.9. The summed E-state index contributed by atoms with van der Waals surface area (Å²) < 4.78 is 6.58. The van der Waals surface area contributed by atoms with E-state index in [0.717, 1.165) is 16.7 Å². The van der Waals surface area contributed by atoms with Crippen molar-refractivity contribution >= 4 is 28.5 Å². The Morgan fingerprint density at radius 3 is 2.55 bits per heavy atom. The first-order valence-corrected chi connectivity index (χ1v) is 12.5. The number of pyridine rings is 2. The van der Waals surface area contributed by atoms with E-state index in [0.29, 0.717) is 23.1 Å². The molecule has 38 heavy (non-hydrogen) atoms. The van der Waals surface area contributed by atoms with Gasteiger partial charge in [-0.3, -0.25) is 14.2 Å². The van der Waals surface area contributed by atoms with Crippen molar-refractivity contribution in [2.75, 3.05) is 21.2 Å². The Labute approximate surface area is 226 Å². The molecule has 0 aliphatic carbocycles. The Kier molecular flexibility index (Phi) is 7.80. The molecule has 0 unspecified atom stereocenters. The predicted octanol–water partition coefficient (Wildman–Crippen LogP) is 4.16. The first kappa shape index (κ1) is 27.2. The highest BCUT2D eigenvalue weighted by Gasteiger charge is 2.21. The number of rotatable bonds is 7. The lowest BCUT2D eigenvalue weighted by Crippen LogP contribution is -2.43. The number of benzene rings is 1. The monoisotopic (exact) mass is 534 g/mol. The van der Waals surface area contributed by atoms with Gasteiger partial charge in [0.15, 0.2) is 11.5 Å². The molecule has 4 rings (SSSR count). The summed E-state index contributed by atoms with van der Waals surface area (Å²) in [6, 6.07) is 12.7. The van der Waals surface area contributed by atoms with Crippen molar-refractivity contribution in [1.29, 1.82) is 0 Å². The highest BCUT2D eigenvalue weighted by atomic mass is 35.5. The van der Waals surface area contributed by atoms with Gasteiger partial charge in [0.1, 0.15) is 12.2 Å². The van der Waals surface area contributed by atoms with Crippen molar-refractivity contribution in [3.8, 4) is 28.5 Å². The number of carbonyl (C=O) groups is 1. The molecule has 0 radical (unpaired) electrons. The highest BCUT2D eigenvalue weighted by molar-refractivity contribution is 6.31. The number of halogens is 1. The lowest BCUT2D eigenvalue weighted by molar-refractivity contribution is -0.123. The van der Waals surface area contributed by atoms with Gasteiger partial charge in [-0.25, -0.2) is 15.0 Å². The Morgan fingerprint density at radius 2 is 1.87 bits per heavy atom. The van der Waals surface area contributed by atoms with Gasteiger partial charge in [-0.15, -0.1) is 0 Å². The minimum Gasteiger partial charge on any atom is -0.481 e. The van der Waals surface area contributed by atoms with E-state index < -0.39 is 11.1 Å². The zero-order valence-electron chi connectivity index (χ0n) is 22.4. The topological polar surface area (TPSA) is 102 Å². The number of amides is 1. The molecule has 0 saturated carbocycles. The van der Waals surface area contributed by atoms with Gasteiger partial charge in [0.05, 0.1) is 12.5 Å². The number of carbonyl (C=O) groups excluding carboxylic acids is 1. The fourth-order valence-corrected chi connectivity index (χ4v) is 4.39. The SMILES string of the molecule is COc1cccc(-c2nc3ncc(-c4cc(Cl)cc(CN(C)C)c4)cc3c(=O)n2CC(=O)NC(C)(C)C)n1. The summed E-state index contributed by atoms with van der Waals surface area (Å²) in [6.45, 7) is 6.11. The average molecular weight is 535 g/mol. The first-order valence-electron chi connectivity index (χ1n) is 12.1. The Morgan fingerprint density at radius 1 is 1.11 bits per heavy atom. The van der Waals surface area contributed by atoms with Gasteiger partial charge in [0, 0.05) is 34.9 Å². The molecule has 0 bridgehead atoms. The molecular formula is C28H31ClN6O3. The predicted molar refractivity (Wildman–Crippen MR) is 149 cm³/mol. The number of methoxy groups -OCH3 is 1. The summed E-state index contributed by atoms with van der Waals surface area (Å²) in [5.74, 6) is 0.263. The van der Waals surface area contributed by atoms with Crippen LogP contribution in [0.1, 0.15) is 26.3 Å². The molecule has 1 amide bonds. The third kappa shape index (κ3) is 6.35. The van der Waals surface area contributed by atoms with E-state index in [1.165, 1.54) is 11.7 Å². The van der Waals surface area contributed by atoms with E-state index in [9.17, 15) is 9.59 Å². The lowest BCUT2D eigenvalue weighted by Gasteiger charge is -2.21. The minimum atomic E-state index is -0.467. The van der Waals surface area contributed by atoms with E-state index in [1.807, 2.05) is 58.0 Å². The molecule has 0 fully saturated rings. The Balaban J connectivity index is 1.89. The summed E-state index contributed by atoms with van der Waals surface area (Å²) >= 11 is 6.40. The summed E-state index contributed by atoms with van der Waals surface area (Å²) in [5.41, 5.74) is 2.36. The molecule has 9 nitrogen and oxygen atoms in total. The molecule has 0 aliphatic heterocycles. The average Bonchev–Trinajstić information content (AvgIpc) is 2.83. The molecule has 0 aliphatic rings. The number of fused-ring (bicyclic) bond motifs is 1. The Hall–Kier alpha value is -3.82.